The Morgan fingerprint density at radius 3 is 2.05 bits per heavy atom. The molecule has 1 rings (SSSR count). The summed E-state index contributed by atoms with van der Waals surface area (Å²) < 4.78 is 0. The van der Waals surface area contributed by atoms with E-state index in [1.54, 1.807) is 0 Å². The topological polar surface area (TPSA) is 12.0 Å². The van der Waals surface area contributed by atoms with Crippen LogP contribution in [-0.2, 0) is 6.42 Å². The number of nitrogens with one attached hydrogen (secondary N) is 1. The van der Waals surface area contributed by atoms with Gasteiger partial charge >= 0.3 is 0 Å². The van der Waals surface area contributed by atoms with Crippen LogP contribution < -0.4 is 5.32 Å². The van der Waals surface area contributed by atoms with Crippen molar-refractivity contribution in [1.82, 2.24) is 5.32 Å². The van der Waals surface area contributed by atoms with Crippen LogP contribution in [0.4, 0.5) is 0 Å². The van der Waals surface area contributed by atoms with Gasteiger partial charge < -0.3 is 5.32 Å². The molecule has 1 aromatic carbocycles. The van der Waals surface area contributed by atoms with E-state index in [4.69, 9.17) is 23.2 Å². The van der Waals surface area contributed by atoms with Crippen LogP contribution in [0.1, 0.15) is 40.2 Å². The molecule has 0 aliphatic heterocycles. The zero-order valence-corrected chi connectivity index (χ0v) is 14.1. The summed E-state index contributed by atoms with van der Waals surface area (Å²) in [7, 11) is 0. The van der Waals surface area contributed by atoms with Gasteiger partial charge in [0.05, 0.1) is 0 Å². The van der Waals surface area contributed by atoms with E-state index >= 15 is 0 Å². The van der Waals surface area contributed by atoms with Crippen molar-refractivity contribution in [3.8, 4) is 0 Å². The molecule has 0 fully saturated rings. The molecule has 1 atom stereocenters. The van der Waals surface area contributed by atoms with Crippen molar-refractivity contribution in [1.29, 1.82) is 0 Å². The Bertz CT molecular complexity index is 395. The Labute approximate surface area is 127 Å². The first-order valence-corrected chi connectivity index (χ1v) is 7.68. The third-order valence-electron chi connectivity index (χ3n) is 3.95. The van der Waals surface area contributed by atoms with Crippen molar-refractivity contribution >= 4 is 23.2 Å². The van der Waals surface area contributed by atoms with E-state index in [0.29, 0.717) is 12.0 Å². The molecule has 0 saturated carbocycles. The summed E-state index contributed by atoms with van der Waals surface area (Å²) in [5.74, 6) is 0.547. The van der Waals surface area contributed by atoms with E-state index in [1.807, 2.05) is 18.2 Å². The van der Waals surface area contributed by atoms with Gasteiger partial charge in [0.25, 0.3) is 0 Å². The Kier molecular flexibility index (Phi) is 6.16. The summed E-state index contributed by atoms with van der Waals surface area (Å²) in [5.41, 5.74) is 1.20. The molecule has 3 heteroatoms. The summed E-state index contributed by atoms with van der Waals surface area (Å²) in [6.45, 7) is 12.1. The highest BCUT2D eigenvalue weighted by Crippen LogP contribution is 2.36. The number of hydrogen-bond donors (Lipinski definition) is 1. The summed E-state index contributed by atoms with van der Waals surface area (Å²) >= 11 is 12.6. The highest BCUT2D eigenvalue weighted by atomic mass is 35.5. The van der Waals surface area contributed by atoms with E-state index < -0.39 is 0 Å². The molecule has 0 aliphatic rings. The second-order valence-electron chi connectivity index (χ2n) is 6.22. The maximum absolute atomic E-state index is 6.30. The fraction of sp³-hybridized carbons (Fsp3) is 0.625. The molecule has 1 unspecified atom stereocenters. The molecule has 0 saturated heterocycles. The molecule has 1 nitrogen and oxygen atoms in total. The lowest BCUT2D eigenvalue weighted by molar-refractivity contribution is 0.202. The first-order chi connectivity index (χ1) is 8.76. The lowest BCUT2D eigenvalue weighted by atomic mass is 9.74. The minimum Gasteiger partial charge on any atom is -0.314 e. The maximum atomic E-state index is 6.30. The predicted molar refractivity (Wildman–Crippen MR) is 86.2 cm³/mol. The molecule has 19 heavy (non-hydrogen) atoms. The standard InChI is InChI=1S/C16H25Cl2N/c1-11(2)16(5,10-19-12(3)4)9-13-14(17)7-6-8-15(13)18/h6-8,11-12,19H,9-10H2,1-5H3. The van der Waals surface area contributed by atoms with Crippen LogP contribution >= 0.6 is 23.2 Å². The van der Waals surface area contributed by atoms with E-state index in [2.05, 4.69) is 39.9 Å². The van der Waals surface area contributed by atoms with Gasteiger partial charge in [0.1, 0.15) is 0 Å². The molecule has 1 aromatic rings. The third kappa shape index (κ3) is 4.66. The molecular weight excluding hydrogens is 277 g/mol. The van der Waals surface area contributed by atoms with Gasteiger partial charge in [-0.25, -0.2) is 0 Å². The van der Waals surface area contributed by atoms with Crippen LogP contribution in [0.15, 0.2) is 18.2 Å². The fourth-order valence-corrected chi connectivity index (χ4v) is 2.54. The van der Waals surface area contributed by atoms with Crippen molar-refractivity contribution in [3.05, 3.63) is 33.8 Å². The smallest absolute Gasteiger partial charge is 0.0453 e. The van der Waals surface area contributed by atoms with Gasteiger partial charge in [-0.2, -0.15) is 0 Å². The normalized spacial score (nSPS) is 15.0. The van der Waals surface area contributed by atoms with Gasteiger partial charge in [0, 0.05) is 22.6 Å². The molecule has 0 spiro atoms. The second-order valence-corrected chi connectivity index (χ2v) is 7.04. The summed E-state index contributed by atoms with van der Waals surface area (Å²) in [5, 5.41) is 5.08. The Morgan fingerprint density at radius 2 is 1.63 bits per heavy atom. The number of rotatable bonds is 6. The predicted octanol–water partition coefficient (Wildman–Crippen LogP) is 5.20. The van der Waals surface area contributed by atoms with Crippen molar-refractivity contribution in [3.63, 3.8) is 0 Å². The Morgan fingerprint density at radius 1 is 1.11 bits per heavy atom. The minimum atomic E-state index is 0.138. The number of halogens is 2. The van der Waals surface area contributed by atoms with E-state index in [0.717, 1.165) is 28.6 Å². The van der Waals surface area contributed by atoms with Gasteiger partial charge in [-0.05, 0) is 35.4 Å². The van der Waals surface area contributed by atoms with Gasteiger partial charge in [0.2, 0.25) is 0 Å². The quantitative estimate of drug-likeness (QED) is 0.762. The zero-order valence-electron chi connectivity index (χ0n) is 12.6. The summed E-state index contributed by atoms with van der Waals surface area (Å²) in [4.78, 5) is 0. The van der Waals surface area contributed by atoms with Crippen LogP contribution in [0, 0.1) is 11.3 Å². The average molecular weight is 302 g/mol. The number of benzene rings is 1. The monoisotopic (exact) mass is 301 g/mol. The lowest BCUT2D eigenvalue weighted by Gasteiger charge is -2.35. The molecule has 1 N–H and O–H groups in total. The maximum Gasteiger partial charge on any atom is 0.0453 e. The van der Waals surface area contributed by atoms with Gasteiger partial charge in [-0.1, -0.05) is 63.9 Å². The van der Waals surface area contributed by atoms with Crippen molar-refractivity contribution in [2.45, 2.75) is 47.1 Å². The Balaban J connectivity index is 2.95. The van der Waals surface area contributed by atoms with Crippen LogP contribution in [0.2, 0.25) is 10.0 Å². The molecule has 0 amide bonds. The average Bonchev–Trinajstić information content (AvgIpc) is 2.31. The molecule has 108 valence electrons. The molecule has 0 aliphatic carbocycles. The van der Waals surface area contributed by atoms with Gasteiger partial charge in [0.15, 0.2) is 0 Å². The van der Waals surface area contributed by atoms with Crippen molar-refractivity contribution in [2.75, 3.05) is 6.54 Å². The summed E-state index contributed by atoms with van der Waals surface area (Å²) in [6, 6.07) is 6.21. The molecular formula is C16H25Cl2N. The zero-order chi connectivity index (χ0) is 14.6. The van der Waals surface area contributed by atoms with Crippen LogP contribution in [0.5, 0.6) is 0 Å². The molecule has 0 heterocycles. The van der Waals surface area contributed by atoms with Gasteiger partial charge in [-0.15, -0.1) is 0 Å². The van der Waals surface area contributed by atoms with Crippen LogP contribution in [0.25, 0.3) is 0 Å². The lowest BCUT2D eigenvalue weighted by Crippen LogP contribution is -2.40. The molecule has 0 aromatic heterocycles. The number of hydrogen-bond acceptors (Lipinski definition) is 1. The van der Waals surface area contributed by atoms with Crippen LogP contribution in [-0.4, -0.2) is 12.6 Å². The van der Waals surface area contributed by atoms with Crippen molar-refractivity contribution in [2.24, 2.45) is 11.3 Å². The van der Waals surface area contributed by atoms with E-state index in [1.165, 1.54) is 0 Å². The fourth-order valence-electron chi connectivity index (χ4n) is 2.01. The SMILES string of the molecule is CC(C)NCC(C)(Cc1c(Cl)cccc1Cl)C(C)C. The molecule has 0 radical (unpaired) electrons. The third-order valence-corrected chi connectivity index (χ3v) is 4.66. The highest BCUT2D eigenvalue weighted by Gasteiger charge is 2.30. The van der Waals surface area contributed by atoms with Crippen LogP contribution in [0.3, 0.4) is 0 Å². The highest BCUT2D eigenvalue weighted by molar-refractivity contribution is 6.36. The molecule has 0 bridgehead atoms. The first kappa shape index (κ1) is 16.8. The summed E-state index contributed by atoms with van der Waals surface area (Å²) in [6.07, 6.45) is 0.892. The van der Waals surface area contributed by atoms with Gasteiger partial charge in [-0.3, -0.25) is 0 Å². The Hall–Kier alpha value is -0.240. The largest absolute Gasteiger partial charge is 0.314 e. The minimum absolute atomic E-state index is 0.138. The van der Waals surface area contributed by atoms with E-state index in [-0.39, 0.29) is 5.41 Å². The van der Waals surface area contributed by atoms with E-state index in [9.17, 15) is 0 Å². The van der Waals surface area contributed by atoms with Crippen molar-refractivity contribution < 1.29 is 0 Å². The first-order valence-electron chi connectivity index (χ1n) is 6.92. The second kappa shape index (κ2) is 6.97.